The predicted octanol–water partition coefficient (Wildman–Crippen LogP) is 4.10. The smallest absolute Gasteiger partial charge is 0.344 e. The van der Waals surface area contributed by atoms with Gasteiger partial charge in [-0.3, -0.25) is 14.4 Å². The lowest BCUT2D eigenvalue weighted by Gasteiger charge is -2.35. The summed E-state index contributed by atoms with van der Waals surface area (Å²) in [6.07, 6.45) is -0.814. The molecule has 1 fully saturated rings. The molecular weight excluding hydrogens is 620 g/mol. The third kappa shape index (κ3) is 7.65. The molecule has 0 unspecified atom stereocenters. The number of carbonyl (C=O) groups excluding carboxylic acids is 4. The van der Waals surface area contributed by atoms with Gasteiger partial charge in [0, 0.05) is 37.2 Å². The van der Waals surface area contributed by atoms with E-state index in [1.807, 2.05) is 45.0 Å². The number of rotatable bonds is 10. The first-order valence-electron chi connectivity index (χ1n) is 15.8. The summed E-state index contributed by atoms with van der Waals surface area (Å²) < 4.78 is 11.3. The molecule has 3 heterocycles. The third-order valence-electron chi connectivity index (χ3n) is 8.23. The number of nitrogens with one attached hydrogen (secondary N) is 1. The highest BCUT2D eigenvalue weighted by Crippen LogP contribution is 2.33. The number of aromatic nitrogens is 1. The summed E-state index contributed by atoms with van der Waals surface area (Å²) in [5.41, 5.74) is 4.84. The Hall–Kier alpha value is -4.29. The molecule has 3 aromatic rings. The third-order valence-corrected chi connectivity index (χ3v) is 9.21. The Morgan fingerprint density at radius 2 is 1.89 bits per heavy atom. The molecule has 0 spiro atoms. The van der Waals surface area contributed by atoms with Gasteiger partial charge in [0.25, 0.3) is 5.91 Å². The summed E-state index contributed by atoms with van der Waals surface area (Å²) in [5, 5.41) is 13.5. The van der Waals surface area contributed by atoms with Crippen LogP contribution in [-0.2, 0) is 32.2 Å². The van der Waals surface area contributed by atoms with E-state index >= 15 is 0 Å². The van der Waals surface area contributed by atoms with E-state index in [0.717, 1.165) is 21.7 Å². The monoisotopic (exact) mass is 662 g/mol. The van der Waals surface area contributed by atoms with Crippen LogP contribution in [0.1, 0.15) is 68.2 Å². The molecule has 2 aromatic carbocycles. The highest BCUT2D eigenvalue weighted by Gasteiger charge is 2.45. The van der Waals surface area contributed by atoms with Crippen molar-refractivity contribution in [3.05, 3.63) is 70.4 Å². The van der Waals surface area contributed by atoms with Crippen LogP contribution in [0.5, 0.6) is 5.75 Å². The van der Waals surface area contributed by atoms with Crippen molar-refractivity contribution in [1.29, 1.82) is 0 Å². The predicted molar refractivity (Wildman–Crippen MR) is 177 cm³/mol. The molecular formula is C35H42N4O7S. The number of amides is 3. The summed E-state index contributed by atoms with van der Waals surface area (Å²) in [6.45, 7) is 11.0. The van der Waals surface area contributed by atoms with Crippen LogP contribution in [0.25, 0.3) is 10.4 Å². The molecule has 0 bridgehead atoms. The van der Waals surface area contributed by atoms with Crippen LogP contribution >= 0.6 is 11.3 Å². The number of likely N-dealkylation sites (tertiary alicyclic amines) is 1. The number of thiazole rings is 1. The molecule has 11 nitrogen and oxygen atoms in total. The van der Waals surface area contributed by atoms with Crippen LogP contribution in [-0.4, -0.2) is 80.5 Å². The molecule has 2 aliphatic rings. The van der Waals surface area contributed by atoms with Gasteiger partial charge in [-0.15, -0.1) is 11.3 Å². The lowest BCUT2D eigenvalue weighted by molar-refractivity contribution is -0.157. The average Bonchev–Trinajstić information content (AvgIpc) is 3.71. The van der Waals surface area contributed by atoms with Crippen LogP contribution in [0.3, 0.4) is 0 Å². The van der Waals surface area contributed by atoms with Gasteiger partial charge in [0.05, 0.1) is 22.2 Å². The van der Waals surface area contributed by atoms with Gasteiger partial charge in [-0.2, -0.15) is 0 Å². The number of esters is 1. The van der Waals surface area contributed by atoms with Gasteiger partial charge < -0.3 is 29.7 Å². The molecule has 3 amide bonds. The largest absolute Gasteiger partial charge is 0.482 e. The number of hydrogen-bond donors (Lipinski definition) is 2. The Kier molecular flexibility index (Phi) is 10.0. The molecule has 2 N–H and O–H groups in total. The van der Waals surface area contributed by atoms with Crippen LogP contribution < -0.4 is 10.1 Å². The Morgan fingerprint density at radius 3 is 2.55 bits per heavy atom. The van der Waals surface area contributed by atoms with Crippen molar-refractivity contribution in [3.63, 3.8) is 0 Å². The zero-order chi connectivity index (χ0) is 34.0. The van der Waals surface area contributed by atoms with Gasteiger partial charge in [-0.05, 0) is 56.9 Å². The normalized spacial score (nSPS) is 18.3. The SMILES string of the molecule is Cc1ncsc1-c1ccc(CNC(=O)[C@@H]2C[C@@H](O)CN2C(=O)[C@H](C(C)C)N2Cc3ccccc3C2=O)c(OCC(=O)OC(C)(C)C)c1. The molecule has 1 aromatic heterocycles. The van der Waals surface area contributed by atoms with Crippen molar-refractivity contribution in [2.45, 2.75) is 84.8 Å². The fraction of sp³-hybridized carbons (Fsp3) is 0.457. The van der Waals surface area contributed by atoms with Crippen LogP contribution in [0.4, 0.5) is 0 Å². The minimum Gasteiger partial charge on any atom is -0.482 e. The first-order chi connectivity index (χ1) is 22.2. The molecule has 47 heavy (non-hydrogen) atoms. The van der Waals surface area contributed by atoms with Gasteiger partial charge in [0.1, 0.15) is 23.4 Å². The summed E-state index contributed by atoms with van der Waals surface area (Å²) >= 11 is 1.48. The van der Waals surface area contributed by atoms with E-state index in [2.05, 4.69) is 10.3 Å². The minimum atomic E-state index is -0.927. The van der Waals surface area contributed by atoms with E-state index in [-0.39, 0.29) is 43.8 Å². The topological polar surface area (TPSA) is 138 Å². The summed E-state index contributed by atoms with van der Waals surface area (Å²) in [4.78, 5) is 61.7. The van der Waals surface area contributed by atoms with E-state index in [9.17, 15) is 24.3 Å². The van der Waals surface area contributed by atoms with Gasteiger partial charge in [0.15, 0.2) is 6.61 Å². The van der Waals surface area contributed by atoms with Crippen LogP contribution in [0, 0.1) is 12.8 Å². The zero-order valence-electron chi connectivity index (χ0n) is 27.6. The van der Waals surface area contributed by atoms with Crippen molar-refractivity contribution < 1.29 is 33.8 Å². The second-order valence-corrected chi connectivity index (χ2v) is 14.2. The maximum absolute atomic E-state index is 14.1. The molecule has 0 aliphatic carbocycles. The Bertz CT molecular complexity index is 1660. The van der Waals surface area contributed by atoms with Crippen molar-refractivity contribution >= 4 is 35.0 Å². The Labute approximate surface area is 278 Å². The highest BCUT2D eigenvalue weighted by molar-refractivity contribution is 7.13. The Morgan fingerprint density at radius 1 is 1.15 bits per heavy atom. The number of aliphatic hydroxyl groups is 1. The maximum atomic E-state index is 14.1. The first kappa shape index (κ1) is 34.1. The van der Waals surface area contributed by atoms with Gasteiger partial charge in [-0.1, -0.05) is 44.2 Å². The number of benzene rings is 2. The fourth-order valence-corrected chi connectivity index (χ4v) is 6.92. The number of aliphatic hydroxyl groups excluding tert-OH is 1. The summed E-state index contributed by atoms with van der Waals surface area (Å²) in [7, 11) is 0. The lowest BCUT2D eigenvalue weighted by Crippen LogP contribution is -2.55. The second-order valence-electron chi connectivity index (χ2n) is 13.4. The number of fused-ring (bicyclic) bond motifs is 1. The average molecular weight is 663 g/mol. The van der Waals surface area contributed by atoms with E-state index in [1.54, 1.807) is 49.4 Å². The van der Waals surface area contributed by atoms with Crippen molar-refractivity contribution in [2.75, 3.05) is 13.2 Å². The van der Waals surface area contributed by atoms with E-state index in [1.165, 1.54) is 16.2 Å². The maximum Gasteiger partial charge on any atom is 0.344 e. The standard InChI is InChI=1S/C35H42N4O7S/c1-20(2)30(39-16-24-9-7-8-10-26(24)33(39)43)34(44)38-17-25(40)14-27(38)32(42)36-15-23-12-11-22(31-21(3)37-19-47-31)13-28(23)45-18-29(41)46-35(4,5)6/h7-13,19-20,25,27,30,40H,14-18H2,1-6H3,(H,36,42)/t25-,27+,30+/m1/s1. The van der Waals surface area contributed by atoms with Crippen molar-refractivity contribution in [3.8, 4) is 16.2 Å². The molecule has 2 aliphatic heterocycles. The summed E-state index contributed by atoms with van der Waals surface area (Å²) in [5.74, 6) is -1.39. The Balaban J connectivity index is 1.32. The van der Waals surface area contributed by atoms with Crippen molar-refractivity contribution in [1.82, 2.24) is 20.1 Å². The van der Waals surface area contributed by atoms with E-state index in [4.69, 9.17) is 9.47 Å². The molecule has 5 rings (SSSR count). The van der Waals surface area contributed by atoms with Crippen LogP contribution in [0.2, 0.25) is 0 Å². The van der Waals surface area contributed by atoms with Crippen LogP contribution in [0.15, 0.2) is 48.0 Å². The number of nitrogens with zero attached hydrogens (tertiary/aromatic N) is 3. The molecule has 0 radical (unpaired) electrons. The van der Waals surface area contributed by atoms with Gasteiger partial charge >= 0.3 is 5.97 Å². The molecule has 1 saturated heterocycles. The first-order valence-corrected chi connectivity index (χ1v) is 16.6. The highest BCUT2D eigenvalue weighted by atomic mass is 32.1. The summed E-state index contributed by atoms with van der Waals surface area (Å²) in [6, 6.07) is 11.1. The second kappa shape index (κ2) is 13.8. The number of carbonyl (C=O) groups is 4. The molecule has 12 heteroatoms. The van der Waals surface area contributed by atoms with Crippen molar-refractivity contribution in [2.24, 2.45) is 5.92 Å². The fourth-order valence-electron chi connectivity index (χ4n) is 6.12. The minimum absolute atomic E-state index is 0.0116. The number of ether oxygens (including phenoxy) is 2. The van der Waals surface area contributed by atoms with Gasteiger partial charge in [-0.25, -0.2) is 9.78 Å². The molecule has 0 saturated carbocycles. The number of β-amino-alcohol motifs (C(OH)–C–C–N with tert-alkyl or cyclic N) is 1. The van der Waals surface area contributed by atoms with E-state index < -0.39 is 35.7 Å². The van der Waals surface area contributed by atoms with E-state index in [0.29, 0.717) is 23.4 Å². The quantitative estimate of drug-likeness (QED) is 0.310. The molecule has 3 atom stereocenters. The number of hydrogen-bond acceptors (Lipinski definition) is 9. The lowest BCUT2D eigenvalue weighted by atomic mass is 10.0. The molecule has 250 valence electrons. The number of aryl methyl sites for hydroxylation is 1. The van der Waals surface area contributed by atoms with Gasteiger partial charge in [0.2, 0.25) is 11.8 Å². The zero-order valence-corrected chi connectivity index (χ0v) is 28.4.